The van der Waals surface area contributed by atoms with E-state index in [1.54, 1.807) is 18.2 Å². The molecule has 0 saturated heterocycles. The van der Waals surface area contributed by atoms with Gasteiger partial charge >= 0.3 is 0 Å². The third-order valence-electron chi connectivity index (χ3n) is 3.69. The van der Waals surface area contributed by atoms with E-state index in [0.29, 0.717) is 22.1 Å². The first-order chi connectivity index (χ1) is 11.5. The van der Waals surface area contributed by atoms with Crippen LogP contribution in [0.3, 0.4) is 0 Å². The number of aryl methyl sites for hydroxylation is 1. The molecule has 0 radical (unpaired) electrons. The van der Waals surface area contributed by atoms with Crippen LogP contribution < -0.4 is 20.5 Å². The highest BCUT2D eigenvalue weighted by molar-refractivity contribution is 7.16. The Kier molecular flexibility index (Phi) is 4.26. The largest absolute Gasteiger partial charge is 0.454 e. The second-order valence-corrected chi connectivity index (χ2v) is 6.51. The van der Waals surface area contributed by atoms with Crippen LogP contribution in [0.25, 0.3) is 6.08 Å². The number of ether oxygens (including phenoxy) is 2. The summed E-state index contributed by atoms with van der Waals surface area (Å²) >= 11 is 1.33. The molecule has 2 aromatic rings. The van der Waals surface area contributed by atoms with E-state index in [1.165, 1.54) is 17.4 Å². The third-order valence-corrected chi connectivity index (χ3v) is 4.81. The molecule has 0 aliphatic carbocycles. The maximum atomic E-state index is 12.1. The Morgan fingerprint density at radius 2 is 2.00 bits per heavy atom. The number of amides is 2. The molecule has 2 heterocycles. The molecule has 7 heteroatoms. The maximum absolute atomic E-state index is 12.1. The summed E-state index contributed by atoms with van der Waals surface area (Å²) in [4.78, 5) is 24.6. The number of benzene rings is 1. The van der Waals surface area contributed by atoms with Gasteiger partial charge in [-0.3, -0.25) is 9.59 Å². The first-order valence-corrected chi connectivity index (χ1v) is 8.06. The van der Waals surface area contributed by atoms with E-state index in [9.17, 15) is 9.59 Å². The van der Waals surface area contributed by atoms with Crippen LogP contribution in [0, 0.1) is 13.8 Å². The molecule has 3 N–H and O–H groups in total. The first kappa shape index (κ1) is 16.1. The molecule has 0 unspecified atom stereocenters. The number of rotatable bonds is 4. The lowest BCUT2D eigenvalue weighted by atomic mass is 10.1. The van der Waals surface area contributed by atoms with Crippen molar-refractivity contribution in [2.45, 2.75) is 13.8 Å². The summed E-state index contributed by atoms with van der Waals surface area (Å²) in [5.74, 6) is 0.452. The molecule has 0 bridgehead atoms. The minimum atomic E-state index is -0.549. The van der Waals surface area contributed by atoms with Crippen molar-refractivity contribution in [3.05, 3.63) is 45.8 Å². The minimum Gasteiger partial charge on any atom is -0.454 e. The van der Waals surface area contributed by atoms with E-state index < -0.39 is 5.91 Å². The van der Waals surface area contributed by atoms with Crippen molar-refractivity contribution < 1.29 is 19.1 Å². The molecule has 1 aromatic heterocycles. The van der Waals surface area contributed by atoms with Crippen LogP contribution in [0.4, 0.5) is 5.00 Å². The molecule has 24 heavy (non-hydrogen) atoms. The van der Waals surface area contributed by atoms with Crippen LogP contribution in [0.5, 0.6) is 11.5 Å². The minimum absolute atomic E-state index is 0.204. The van der Waals surface area contributed by atoms with Gasteiger partial charge in [0.15, 0.2) is 11.5 Å². The highest BCUT2D eigenvalue weighted by Gasteiger charge is 2.18. The lowest BCUT2D eigenvalue weighted by Crippen LogP contribution is -2.16. The van der Waals surface area contributed by atoms with Gasteiger partial charge in [-0.15, -0.1) is 11.3 Å². The van der Waals surface area contributed by atoms with Gasteiger partial charge in [-0.2, -0.15) is 0 Å². The number of nitrogens with two attached hydrogens (primary N) is 1. The van der Waals surface area contributed by atoms with Crippen LogP contribution >= 0.6 is 11.3 Å². The molecule has 1 aromatic carbocycles. The third kappa shape index (κ3) is 3.11. The predicted molar refractivity (Wildman–Crippen MR) is 92.5 cm³/mol. The summed E-state index contributed by atoms with van der Waals surface area (Å²) in [6.07, 6.45) is 3.06. The summed E-state index contributed by atoms with van der Waals surface area (Å²) in [5, 5.41) is 3.18. The number of primary amides is 1. The molecule has 124 valence electrons. The van der Waals surface area contributed by atoms with Crippen LogP contribution in [-0.4, -0.2) is 18.6 Å². The molecule has 0 saturated carbocycles. The van der Waals surface area contributed by atoms with E-state index in [4.69, 9.17) is 15.2 Å². The lowest BCUT2D eigenvalue weighted by Gasteiger charge is -2.02. The summed E-state index contributed by atoms with van der Waals surface area (Å²) in [6.45, 7) is 3.89. The summed E-state index contributed by atoms with van der Waals surface area (Å²) < 4.78 is 10.5. The molecule has 1 aliphatic rings. The zero-order valence-electron chi connectivity index (χ0n) is 13.2. The average Bonchev–Trinajstić information content (AvgIpc) is 3.09. The molecule has 2 amide bonds. The Bertz CT molecular complexity index is 855. The molecule has 0 fully saturated rings. The number of fused-ring (bicyclic) bond motifs is 1. The van der Waals surface area contributed by atoms with Crippen molar-refractivity contribution >= 4 is 34.2 Å². The topological polar surface area (TPSA) is 90.7 Å². The van der Waals surface area contributed by atoms with Crippen molar-refractivity contribution in [1.82, 2.24) is 0 Å². The van der Waals surface area contributed by atoms with Gasteiger partial charge in [-0.25, -0.2) is 0 Å². The number of anilines is 1. The van der Waals surface area contributed by atoms with Crippen molar-refractivity contribution in [1.29, 1.82) is 0 Å². The highest BCUT2D eigenvalue weighted by atomic mass is 32.1. The van der Waals surface area contributed by atoms with E-state index in [1.807, 2.05) is 19.9 Å². The van der Waals surface area contributed by atoms with Gasteiger partial charge in [0.25, 0.3) is 5.91 Å². The fourth-order valence-electron chi connectivity index (χ4n) is 2.35. The normalized spacial score (nSPS) is 12.6. The first-order valence-electron chi connectivity index (χ1n) is 7.24. The summed E-state index contributed by atoms with van der Waals surface area (Å²) in [6, 6.07) is 5.41. The van der Waals surface area contributed by atoms with Gasteiger partial charge in [0, 0.05) is 11.0 Å². The van der Waals surface area contributed by atoms with Gasteiger partial charge in [-0.1, -0.05) is 6.07 Å². The number of hydrogen-bond donors (Lipinski definition) is 2. The summed E-state index contributed by atoms with van der Waals surface area (Å²) in [7, 11) is 0. The van der Waals surface area contributed by atoms with Crippen molar-refractivity contribution in [2.75, 3.05) is 12.1 Å². The summed E-state index contributed by atoms with van der Waals surface area (Å²) in [5.41, 5.74) is 7.36. The molecule has 0 atom stereocenters. The number of hydrogen-bond acceptors (Lipinski definition) is 5. The van der Waals surface area contributed by atoms with Crippen LogP contribution in [-0.2, 0) is 4.79 Å². The Morgan fingerprint density at radius 1 is 1.25 bits per heavy atom. The van der Waals surface area contributed by atoms with Crippen molar-refractivity contribution in [3.63, 3.8) is 0 Å². The smallest absolute Gasteiger partial charge is 0.251 e. The number of carbonyl (C=O) groups excluding carboxylic acids is 2. The number of thiophene rings is 1. The van der Waals surface area contributed by atoms with Crippen molar-refractivity contribution in [2.24, 2.45) is 5.73 Å². The second kappa shape index (κ2) is 6.37. The van der Waals surface area contributed by atoms with Gasteiger partial charge in [0.2, 0.25) is 12.7 Å². The molecule has 1 aliphatic heterocycles. The number of carbonyl (C=O) groups is 2. The Balaban J connectivity index is 1.74. The van der Waals surface area contributed by atoms with Gasteiger partial charge in [0.05, 0.1) is 5.56 Å². The Hall–Kier alpha value is -2.80. The molecule has 6 nitrogen and oxygen atoms in total. The monoisotopic (exact) mass is 344 g/mol. The Morgan fingerprint density at radius 3 is 2.75 bits per heavy atom. The fraction of sp³-hybridized carbons (Fsp3) is 0.176. The predicted octanol–water partition coefficient (Wildman–Crippen LogP) is 2.84. The quantitative estimate of drug-likeness (QED) is 0.835. The van der Waals surface area contributed by atoms with E-state index in [0.717, 1.165) is 16.0 Å². The zero-order valence-corrected chi connectivity index (χ0v) is 14.0. The average molecular weight is 344 g/mol. The maximum Gasteiger partial charge on any atom is 0.251 e. The van der Waals surface area contributed by atoms with Crippen molar-refractivity contribution in [3.8, 4) is 11.5 Å². The van der Waals surface area contributed by atoms with Crippen LogP contribution in [0.15, 0.2) is 24.3 Å². The van der Waals surface area contributed by atoms with E-state index in [-0.39, 0.29) is 12.7 Å². The van der Waals surface area contributed by atoms with Gasteiger partial charge in [0.1, 0.15) is 5.00 Å². The lowest BCUT2D eigenvalue weighted by molar-refractivity contribution is -0.111. The SMILES string of the molecule is Cc1sc(NC(=O)C=Cc2ccc3c(c2)OCO3)c(C(N)=O)c1C. The van der Waals surface area contributed by atoms with Gasteiger partial charge < -0.3 is 20.5 Å². The standard InChI is InChI=1S/C17H16N2O4S/c1-9-10(2)24-17(15(9)16(18)21)19-14(20)6-4-11-3-5-12-13(7-11)23-8-22-12/h3-7H,8H2,1-2H3,(H2,18,21)(H,19,20). The van der Waals surface area contributed by atoms with Crippen LogP contribution in [0.2, 0.25) is 0 Å². The van der Waals surface area contributed by atoms with Gasteiger partial charge in [-0.05, 0) is 43.2 Å². The van der Waals surface area contributed by atoms with E-state index >= 15 is 0 Å². The second-order valence-electron chi connectivity index (χ2n) is 5.29. The van der Waals surface area contributed by atoms with E-state index in [2.05, 4.69) is 5.32 Å². The molecular weight excluding hydrogens is 328 g/mol. The van der Waals surface area contributed by atoms with Crippen LogP contribution in [0.1, 0.15) is 26.4 Å². The number of nitrogens with one attached hydrogen (secondary N) is 1. The molecular formula is C17H16N2O4S. The molecule has 0 spiro atoms. The zero-order chi connectivity index (χ0) is 17.3. The fourth-order valence-corrected chi connectivity index (χ4v) is 3.42. The Labute approximate surface area is 142 Å². The highest BCUT2D eigenvalue weighted by Crippen LogP contribution is 2.33. The molecule has 3 rings (SSSR count).